The number of esters is 3. The second kappa shape index (κ2) is 55.7. The van der Waals surface area contributed by atoms with E-state index in [9.17, 15) is 14.4 Å². The van der Waals surface area contributed by atoms with Crippen molar-refractivity contribution in [2.24, 2.45) is 0 Å². The maximum atomic E-state index is 12.8. The van der Waals surface area contributed by atoms with Crippen molar-refractivity contribution >= 4 is 17.9 Å². The van der Waals surface area contributed by atoms with Gasteiger partial charge in [-0.15, -0.1) is 0 Å². The van der Waals surface area contributed by atoms with Crippen LogP contribution in [0.25, 0.3) is 0 Å². The zero-order valence-electron chi connectivity index (χ0n) is 44.7. The first kappa shape index (κ1) is 64.2. The molecule has 66 heavy (non-hydrogen) atoms. The molecule has 0 amide bonds. The van der Waals surface area contributed by atoms with E-state index in [1.54, 1.807) is 0 Å². The maximum absolute atomic E-state index is 12.8. The molecule has 1 unspecified atom stereocenters. The highest BCUT2D eigenvalue weighted by Gasteiger charge is 2.19. The summed E-state index contributed by atoms with van der Waals surface area (Å²) >= 11 is 0. The van der Waals surface area contributed by atoms with Crippen molar-refractivity contribution in [3.63, 3.8) is 0 Å². The first-order valence-corrected chi connectivity index (χ1v) is 29.7. The molecule has 0 N–H and O–H groups in total. The predicted molar refractivity (Wildman–Crippen MR) is 284 cm³/mol. The minimum Gasteiger partial charge on any atom is -0.462 e. The van der Waals surface area contributed by atoms with Crippen LogP contribution in [0.1, 0.15) is 335 Å². The van der Waals surface area contributed by atoms with Crippen LogP contribution in [0.5, 0.6) is 0 Å². The molecule has 0 aromatic carbocycles. The van der Waals surface area contributed by atoms with Gasteiger partial charge in [0.1, 0.15) is 13.2 Å². The Labute approximate surface area is 411 Å². The Bertz CT molecular complexity index is 1020. The van der Waals surface area contributed by atoms with Crippen LogP contribution in [-0.2, 0) is 28.6 Å². The molecule has 0 aliphatic carbocycles. The standard InChI is InChI=1S/C60H114O6/c1-4-7-10-13-16-19-22-25-27-28-29-30-31-32-33-34-36-38-41-44-47-50-53-59(62)65-56-57(55-64-58(61)52-49-46-43-40-37-24-21-18-15-12-9-6-3)66-60(63)54-51-48-45-42-39-35-26-23-20-17-14-11-8-5-2/h23,26,57H,4-22,24-25,27-56H2,1-3H3/b26-23-. The van der Waals surface area contributed by atoms with Crippen molar-refractivity contribution in [1.29, 1.82) is 0 Å². The summed E-state index contributed by atoms with van der Waals surface area (Å²) in [6, 6.07) is 0. The molecule has 0 aliphatic rings. The quantitative estimate of drug-likeness (QED) is 0.0262. The Balaban J connectivity index is 4.22. The summed E-state index contributed by atoms with van der Waals surface area (Å²) in [7, 11) is 0. The van der Waals surface area contributed by atoms with Gasteiger partial charge in [0, 0.05) is 19.3 Å². The van der Waals surface area contributed by atoms with Gasteiger partial charge in [0.05, 0.1) is 0 Å². The van der Waals surface area contributed by atoms with E-state index in [1.165, 1.54) is 231 Å². The minimum absolute atomic E-state index is 0.0674. The minimum atomic E-state index is -0.768. The lowest BCUT2D eigenvalue weighted by Crippen LogP contribution is -2.30. The Morgan fingerprint density at radius 1 is 0.288 bits per heavy atom. The Morgan fingerprint density at radius 2 is 0.500 bits per heavy atom. The lowest BCUT2D eigenvalue weighted by molar-refractivity contribution is -0.167. The van der Waals surface area contributed by atoms with Crippen molar-refractivity contribution in [2.75, 3.05) is 13.2 Å². The van der Waals surface area contributed by atoms with Gasteiger partial charge in [0.15, 0.2) is 6.10 Å². The second-order valence-electron chi connectivity index (χ2n) is 20.3. The van der Waals surface area contributed by atoms with Gasteiger partial charge in [0.25, 0.3) is 0 Å². The molecule has 0 aliphatic heterocycles. The average Bonchev–Trinajstić information content (AvgIpc) is 3.31. The summed E-state index contributed by atoms with van der Waals surface area (Å²) in [4.78, 5) is 38.1. The van der Waals surface area contributed by atoms with Crippen molar-refractivity contribution in [2.45, 2.75) is 341 Å². The topological polar surface area (TPSA) is 78.9 Å². The number of hydrogen-bond acceptors (Lipinski definition) is 6. The number of hydrogen-bond donors (Lipinski definition) is 0. The van der Waals surface area contributed by atoms with E-state index < -0.39 is 6.10 Å². The third kappa shape index (κ3) is 53.1. The molecule has 6 heteroatoms. The van der Waals surface area contributed by atoms with Crippen LogP contribution >= 0.6 is 0 Å². The van der Waals surface area contributed by atoms with Gasteiger partial charge in [-0.2, -0.15) is 0 Å². The van der Waals surface area contributed by atoms with E-state index in [0.29, 0.717) is 19.3 Å². The van der Waals surface area contributed by atoms with Crippen molar-refractivity contribution in [1.82, 2.24) is 0 Å². The van der Waals surface area contributed by atoms with Crippen LogP contribution < -0.4 is 0 Å². The Kier molecular flexibility index (Phi) is 54.2. The first-order valence-electron chi connectivity index (χ1n) is 29.7. The number of carbonyl (C=O) groups excluding carboxylic acids is 3. The van der Waals surface area contributed by atoms with Crippen molar-refractivity contribution < 1.29 is 28.6 Å². The van der Waals surface area contributed by atoms with Crippen LogP contribution in [0.4, 0.5) is 0 Å². The summed E-state index contributed by atoms with van der Waals surface area (Å²) in [6.45, 7) is 6.68. The van der Waals surface area contributed by atoms with Crippen molar-refractivity contribution in [3.05, 3.63) is 12.2 Å². The number of unbranched alkanes of at least 4 members (excludes halogenated alkanes) is 42. The van der Waals surface area contributed by atoms with E-state index >= 15 is 0 Å². The normalized spacial score (nSPS) is 12.0. The SMILES string of the molecule is CCCCCCC/C=C\CCCCCCCC(=O)OC(COC(=O)CCCCCCCCCCCCCC)COC(=O)CCCCCCCCCCCCCCCCCCCCCCCC. The fraction of sp³-hybridized carbons (Fsp3) is 0.917. The number of carbonyl (C=O) groups is 3. The zero-order chi connectivity index (χ0) is 47.9. The summed E-state index contributed by atoms with van der Waals surface area (Å²) < 4.78 is 16.9. The van der Waals surface area contributed by atoms with Crippen LogP contribution in [0.15, 0.2) is 12.2 Å². The third-order valence-corrected chi connectivity index (χ3v) is 13.5. The summed E-state index contributed by atoms with van der Waals surface area (Å²) in [5.74, 6) is -0.852. The third-order valence-electron chi connectivity index (χ3n) is 13.5. The molecule has 6 nitrogen and oxygen atoms in total. The summed E-state index contributed by atoms with van der Waals surface area (Å²) in [5, 5.41) is 0. The van der Waals surface area contributed by atoms with E-state index in [4.69, 9.17) is 14.2 Å². The molecule has 0 fully saturated rings. The van der Waals surface area contributed by atoms with Crippen LogP contribution in [0, 0.1) is 0 Å². The van der Waals surface area contributed by atoms with Crippen LogP contribution in [0.2, 0.25) is 0 Å². The van der Waals surface area contributed by atoms with E-state index in [0.717, 1.165) is 64.2 Å². The van der Waals surface area contributed by atoms with Crippen LogP contribution in [-0.4, -0.2) is 37.2 Å². The molecular weight excluding hydrogens is 817 g/mol. The van der Waals surface area contributed by atoms with E-state index in [-0.39, 0.29) is 31.1 Å². The van der Waals surface area contributed by atoms with E-state index in [2.05, 4.69) is 32.9 Å². The predicted octanol–water partition coefficient (Wildman–Crippen LogP) is 19.7. The number of ether oxygens (including phenoxy) is 3. The summed E-state index contributed by atoms with van der Waals surface area (Å²) in [5.41, 5.74) is 0. The molecule has 0 spiro atoms. The van der Waals surface area contributed by atoms with Gasteiger partial charge in [-0.3, -0.25) is 14.4 Å². The Hall–Kier alpha value is -1.85. The first-order chi connectivity index (χ1) is 32.5. The second-order valence-corrected chi connectivity index (χ2v) is 20.3. The lowest BCUT2D eigenvalue weighted by Gasteiger charge is -2.18. The molecule has 0 radical (unpaired) electrons. The molecule has 0 aromatic heterocycles. The fourth-order valence-corrected chi connectivity index (χ4v) is 9.03. The smallest absolute Gasteiger partial charge is 0.306 e. The van der Waals surface area contributed by atoms with Gasteiger partial charge in [-0.05, 0) is 44.9 Å². The van der Waals surface area contributed by atoms with Gasteiger partial charge in [-0.25, -0.2) is 0 Å². The summed E-state index contributed by atoms with van der Waals surface area (Å²) in [6.07, 6.45) is 63.5. The molecule has 390 valence electrons. The molecule has 0 rings (SSSR count). The molecule has 1 atom stereocenters. The highest BCUT2D eigenvalue weighted by Crippen LogP contribution is 2.17. The zero-order valence-corrected chi connectivity index (χ0v) is 44.7. The molecule has 0 aromatic rings. The van der Waals surface area contributed by atoms with Crippen molar-refractivity contribution in [3.8, 4) is 0 Å². The molecular formula is C60H114O6. The largest absolute Gasteiger partial charge is 0.462 e. The highest BCUT2D eigenvalue weighted by atomic mass is 16.6. The van der Waals surface area contributed by atoms with Gasteiger partial charge >= 0.3 is 17.9 Å². The highest BCUT2D eigenvalue weighted by molar-refractivity contribution is 5.71. The molecule has 0 saturated carbocycles. The fourth-order valence-electron chi connectivity index (χ4n) is 9.03. The molecule has 0 bridgehead atoms. The van der Waals surface area contributed by atoms with Crippen LogP contribution in [0.3, 0.4) is 0 Å². The molecule has 0 heterocycles. The van der Waals surface area contributed by atoms with E-state index in [1.807, 2.05) is 0 Å². The molecule has 0 saturated heterocycles. The monoisotopic (exact) mass is 931 g/mol. The maximum Gasteiger partial charge on any atom is 0.306 e. The van der Waals surface area contributed by atoms with Gasteiger partial charge in [-0.1, -0.05) is 283 Å². The average molecular weight is 932 g/mol. The Morgan fingerprint density at radius 3 is 0.758 bits per heavy atom. The lowest BCUT2D eigenvalue weighted by atomic mass is 10.0. The van der Waals surface area contributed by atoms with Gasteiger partial charge < -0.3 is 14.2 Å². The number of allylic oxidation sites excluding steroid dienone is 2. The van der Waals surface area contributed by atoms with Gasteiger partial charge in [0.2, 0.25) is 0 Å². The number of rotatable bonds is 55.